The van der Waals surface area contributed by atoms with E-state index in [9.17, 15) is 9.59 Å². The molecular formula is C14H24N2O4. The maximum absolute atomic E-state index is 11.9. The molecule has 0 aromatic heterocycles. The molecule has 1 rings (SSSR count). The lowest BCUT2D eigenvalue weighted by Crippen LogP contribution is -2.36. The first kappa shape index (κ1) is 16.5. The van der Waals surface area contributed by atoms with Crippen LogP contribution in [0.1, 0.15) is 34.1 Å². The van der Waals surface area contributed by atoms with E-state index in [0.717, 1.165) is 5.57 Å². The average Bonchev–Trinajstić information content (AvgIpc) is 2.75. The van der Waals surface area contributed by atoms with Gasteiger partial charge in [-0.15, -0.1) is 0 Å². The molecule has 0 saturated carbocycles. The maximum atomic E-state index is 11.9. The zero-order valence-electron chi connectivity index (χ0n) is 12.6. The van der Waals surface area contributed by atoms with Crippen molar-refractivity contribution < 1.29 is 19.1 Å². The van der Waals surface area contributed by atoms with Crippen molar-refractivity contribution >= 4 is 12.1 Å². The molecule has 2 N–H and O–H groups in total. The van der Waals surface area contributed by atoms with Gasteiger partial charge in [0.15, 0.2) is 0 Å². The number of nitrogens with two attached hydrogens (primary N) is 1. The highest BCUT2D eigenvalue weighted by Crippen LogP contribution is 2.18. The Labute approximate surface area is 119 Å². The van der Waals surface area contributed by atoms with E-state index in [1.165, 1.54) is 0 Å². The van der Waals surface area contributed by atoms with Crippen molar-refractivity contribution in [1.29, 1.82) is 0 Å². The quantitative estimate of drug-likeness (QED) is 0.624. The molecule has 0 fully saturated rings. The van der Waals surface area contributed by atoms with Crippen molar-refractivity contribution in [1.82, 2.24) is 4.90 Å². The molecule has 1 aliphatic heterocycles. The molecular weight excluding hydrogens is 260 g/mol. The first-order valence-corrected chi connectivity index (χ1v) is 6.81. The fourth-order valence-corrected chi connectivity index (χ4v) is 1.84. The van der Waals surface area contributed by atoms with Crippen molar-refractivity contribution in [2.24, 2.45) is 5.73 Å². The SMILES string of the molecule is CCOC(=O)C(N)CC1=CCN(C(=O)OC(C)(C)C)C1. The standard InChI is InChI=1S/C14H24N2O4/c1-5-19-12(17)11(15)8-10-6-7-16(9-10)13(18)20-14(2,3)4/h6,11H,5,7-9,15H2,1-4H3. The highest BCUT2D eigenvalue weighted by atomic mass is 16.6. The Morgan fingerprint density at radius 2 is 2.10 bits per heavy atom. The number of carbonyl (C=O) groups is 2. The van der Waals surface area contributed by atoms with Crippen LogP contribution in [0.2, 0.25) is 0 Å². The highest BCUT2D eigenvalue weighted by Gasteiger charge is 2.27. The lowest BCUT2D eigenvalue weighted by Gasteiger charge is -2.24. The Bertz CT molecular complexity index is 398. The van der Waals surface area contributed by atoms with Crippen molar-refractivity contribution in [3.05, 3.63) is 11.6 Å². The zero-order valence-corrected chi connectivity index (χ0v) is 12.6. The summed E-state index contributed by atoms with van der Waals surface area (Å²) in [6, 6.07) is -0.681. The summed E-state index contributed by atoms with van der Waals surface area (Å²) >= 11 is 0. The van der Waals surface area contributed by atoms with Crippen LogP contribution in [0.25, 0.3) is 0 Å². The molecule has 0 spiro atoms. The summed E-state index contributed by atoms with van der Waals surface area (Å²) in [5.41, 5.74) is 6.20. The molecule has 1 aliphatic rings. The average molecular weight is 284 g/mol. The van der Waals surface area contributed by atoms with Crippen LogP contribution in [0.4, 0.5) is 4.79 Å². The first-order valence-electron chi connectivity index (χ1n) is 6.81. The number of carbonyl (C=O) groups excluding carboxylic acids is 2. The van der Waals surface area contributed by atoms with E-state index >= 15 is 0 Å². The lowest BCUT2D eigenvalue weighted by molar-refractivity contribution is -0.144. The van der Waals surface area contributed by atoms with Crippen LogP contribution >= 0.6 is 0 Å². The molecule has 1 unspecified atom stereocenters. The van der Waals surface area contributed by atoms with E-state index < -0.39 is 17.6 Å². The third-order valence-electron chi connectivity index (χ3n) is 2.72. The Morgan fingerprint density at radius 1 is 1.45 bits per heavy atom. The second-order valence-electron chi connectivity index (χ2n) is 5.79. The number of hydrogen-bond acceptors (Lipinski definition) is 5. The molecule has 6 heteroatoms. The maximum Gasteiger partial charge on any atom is 0.410 e. The largest absolute Gasteiger partial charge is 0.465 e. The Balaban J connectivity index is 2.43. The number of amides is 1. The molecule has 0 bridgehead atoms. The van der Waals surface area contributed by atoms with Gasteiger partial charge in [0.1, 0.15) is 11.6 Å². The van der Waals surface area contributed by atoms with Crippen LogP contribution in [-0.2, 0) is 14.3 Å². The van der Waals surface area contributed by atoms with E-state index in [0.29, 0.717) is 26.1 Å². The summed E-state index contributed by atoms with van der Waals surface area (Å²) in [5, 5.41) is 0. The van der Waals surface area contributed by atoms with Gasteiger partial charge in [-0.05, 0) is 34.1 Å². The number of rotatable bonds is 4. The van der Waals surface area contributed by atoms with Gasteiger partial charge >= 0.3 is 12.1 Å². The number of nitrogens with zero attached hydrogens (tertiary/aromatic N) is 1. The van der Waals surface area contributed by atoms with Crippen LogP contribution < -0.4 is 5.73 Å². The molecule has 1 heterocycles. The predicted molar refractivity (Wildman–Crippen MR) is 75.1 cm³/mol. The molecule has 1 atom stereocenters. The van der Waals surface area contributed by atoms with Gasteiger partial charge in [0.25, 0.3) is 0 Å². The van der Waals surface area contributed by atoms with Gasteiger partial charge in [0, 0.05) is 13.1 Å². The normalized spacial score (nSPS) is 16.6. The van der Waals surface area contributed by atoms with Crippen LogP contribution in [0.3, 0.4) is 0 Å². The minimum absolute atomic E-state index is 0.315. The van der Waals surface area contributed by atoms with Crippen molar-refractivity contribution in [2.75, 3.05) is 19.7 Å². The van der Waals surface area contributed by atoms with E-state index in [1.807, 2.05) is 26.8 Å². The van der Waals surface area contributed by atoms with Gasteiger partial charge in [0.05, 0.1) is 6.61 Å². The molecule has 20 heavy (non-hydrogen) atoms. The van der Waals surface area contributed by atoms with E-state index in [1.54, 1.807) is 11.8 Å². The van der Waals surface area contributed by atoms with Crippen LogP contribution in [-0.4, -0.2) is 48.3 Å². The summed E-state index contributed by atoms with van der Waals surface area (Å²) in [7, 11) is 0. The van der Waals surface area contributed by atoms with Crippen LogP contribution in [0, 0.1) is 0 Å². The Hall–Kier alpha value is -1.56. The molecule has 0 saturated heterocycles. The topological polar surface area (TPSA) is 81.9 Å². The third kappa shape index (κ3) is 5.21. The second-order valence-corrected chi connectivity index (χ2v) is 5.79. The summed E-state index contributed by atoms with van der Waals surface area (Å²) in [4.78, 5) is 24.9. The number of ether oxygens (including phenoxy) is 2. The zero-order chi connectivity index (χ0) is 15.3. The lowest BCUT2D eigenvalue weighted by atomic mass is 10.1. The molecule has 1 amide bonds. The van der Waals surface area contributed by atoms with Crippen LogP contribution in [0.15, 0.2) is 11.6 Å². The first-order chi connectivity index (χ1) is 9.23. The minimum atomic E-state index is -0.681. The second kappa shape index (κ2) is 6.74. The summed E-state index contributed by atoms with van der Waals surface area (Å²) in [5.74, 6) is -0.413. The van der Waals surface area contributed by atoms with Crippen molar-refractivity contribution in [3.8, 4) is 0 Å². The number of hydrogen-bond donors (Lipinski definition) is 1. The van der Waals surface area contributed by atoms with Gasteiger partial charge in [-0.1, -0.05) is 11.6 Å². The predicted octanol–water partition coefficient (Wildman–Crippen LogP) is 1.44. The highest BCUT2D eigenvalue weighted by molar-refractivity contribution is 5.76. The summed E-state index contributed by atoms with van der Waals surface area (Å²) in [6.45, 7) is 8.46. The van der Waals surface area contributed by atoms with Gasteiger partial charge in [-0.25, -0.2) is 4.79 Å². The molecule has 0 aliphatic carbocycles. The Kier molecular flexibility index (Phi) is 5.56. The van der Waals surface area contributed by atoms with Gasteiger partial charge in [-0.2, -0.15) is 0 Å². The van der Waals surface area contributed by atoms with Crippen molar-refractivity contribution in [3.63, 3.8) is 0 Å². The van der Waals surface area contributed by atoms with Gasteiger partial charge < -0.3 is 20.1 Å². The summed E-state index contributed by atoms with van der Waals surface area (Å²) in [6.07, 6.45) is 1.95. The van der Waals surface area contributed by atoms with E-state index in [4.69, 9.17) is 15.2 Å². The fourth-order valence-electron chi connectivity index (χ4n) is 1.84. The smallest absolute Gasteiger partial charge is 0.410 e. The van der Waals surface area contributed by atoms with Gasteiger partial charge in [0.2, 0.25) is 0 Å². The van der Waals surface area contributed by atoms with Crippen LogP contribution in [0.5, 0.6) is 0 Å². The molecule has 0 aromatic rings. The van der Waals surface area contributed by atoms with Crippen molar-refractivity contribution in [2.45, 2.75) is 45.8 Å². The van der Waals surface area contributed by atoms with E-state index in [-0.39, 0.29) is 6.09 Å². The van der Waals surface area contributed by atoms with Gasteiger partial charge in [-0.3, -0.25) is 4.79 Å². The summed E-state index contributed by atoms with van der Waals surface area (Å²) < 4.78 is 10.1. The number of esters is 1. The van der Waals surface area contributed by atoms with E-state index in [2.05, 4.69) is 0 Å². The molecule has 6 nitrogen and oxygen atoms in total. The fraction of sp³-hybridized carbons (Fsp3) is 0.714. The molecule has 114 valence electrons. The Morgan fingerprint density at radius 3 is 2.65 bits per heavy atom. The third-order valence-corrected chi connectivity index (χ3v) is 2.72. The minimum Gasteiger partial charge on any atom is -0.465 e. The molecule has 0 radical (unpaired) electrons. The monoisotopic (exact) mass is 284 g/mol. The molecule has 0 aromatic carbocycles.